The van der Waals surface area contributed by atoms with Crippen LogP contribution >= 0.6 is 0 Å². The van der Waals surface area contributed by atoms with Crippen LogP contribution in [0.15, 0.2) is 36.5 Å². The summed E-state index contributed by atoms with van der Waals surface area (Å²) in [5.41, 5.74) is 11.8. The summed E-state index contributed by atoms with van der Waals surface area (Å²) in [4.78, 5) is 15.9. The van der Waals surface area contributed by atoms with Crippen LogP contribution < -0.4 is 11.5 Å². The number of nitrogens with zero attached hydrogens (tertiary/aromatic N) is 1. The van der Waals surface area contributed by atoms with E-state index in [0.29, 0.717) is 11.4 Å². The van der Waals surface area contributed by atoms with Crippen LogP contribution in [-0.4, -0.2) is 10.8 Å². The van der Waals surface area contributed by atoms with Crippen LogP contribution in [0, 0.1) is 5.82 Å². The molecule has 0 aliphatic carbocycles. The second kappa shape index (κ2) is 4.83. The van der Waals surface area contributed by atoms with Crippen molar-refractivity contribution in [2.24, 2.45) is 0 Å². The highest BCUT2D eigenvalue weighted by Gasteiger charge is 2.14. The number of nitrogen functional groups attached to an aromatic ring is 2. The van der Waals surface area contributed by atoms with E-state index in [1.165, 1.54) is 18.2 Å². The van der Waals surface area contributed by atoms with E-state index >= 15 is 0 Å². The molecule has 0 amide bonds. The number of pyridine rings is 1. The SMILES string of the molecule is Nc1ncccc1CC(=O)c1cccc(F)c1N. The van der Waals surface area contributed by atoms with E-state index < -0.39 is 5.82 Å². The molecule has 0 fully saturated rings. The number of carbonyl (C=O) groups excluding carboxylic acids is 1. The fourth-order valence-corrected chi connectivity index (χ4v) is 1.65. The fourth-order valence-electron chi connectivity index (χ4n) is 1.65. The van der Waals surface area contributed by atoms with Gasteiger partial charge >= 0.3 is 0 Å². The topological polar surface area (TPSA) is 82.0 Å². The molecule has 0 saturated carbocycles. The van der Waals surface area contributed by atoms with Gasteiger partial charge in [-0.3, -0.25) is 4.79 Å². The Morgan fingerprint density at radius 3 is 2.72 bits per heavy atom. The molecule has 0 spiro atoms. The maximum absolute atomic E-state index is 13.2. The highest BCUT2D eigenvalue weighted by molar-refractivity contribution is 6.02. The number of aromatic nitrogens is 1. The lowest BCUT2D eigenvalue weighted by Gasteiger charge is -2.06. The molecule has 0 bridgehead atoms. The van der Waals surface area contributed by atoms with Crippen LogP contribution in [0.5, 0.6) is 0 Å². The first kappa shape index (κ1) is 12.0. The van der Waals surface area contributed by atoms with E-state index in [9.17, 15) is 9.18 Å². The van der Waals surface area contributed by atoms with Crippen molar-refractivity contribution in [2.45, 2.75) is 6.42 Å². The zero-order chi connectivity index (χ0) is 13.1. The zero-order valence-corrected chi connectivity index (χ0v) is 9.56. The Morgan fingerprint density at radius 1 is 1.22 bits per heavy atom. The molecule has 2 rings (SSSR count). The first-order chi connectivity index (χ1) is 8.59. The summed E-state index contributed by atoms with van der Waals surface area (Å²) in [7, 11) is 0. The van der Waals surface area contributed by atoms with Gasteiger partial charge in [-0.05, 0) is 18.2 Å². The number of rotatable bonds is 3. The number of hydrogen-bond acceptors (Lipinski definition) is 4. The van der Waals surface area contributed by atoms with Gasteiger partial charge in [-0.25, -0.2) is 9.37 Å². The largest absolute Gasteiger partial charge is 0.396 e. The number of hydrogen-bond donors (Lipinski definition) is 2. The minimum Gasteiger partial charge on any atom is -0.396 e. The summed E-state index contributed by atoms with van der Waals surface area (Å²) < 4.78 is 13.2. The first-order valence-electron chi connectivity index (χ1n) is 5.36. The highest BCUT2D eigenvalue weighted by atomic mass is 19.1. The monoisotopic (exact) mass is 245 g/mol. The molecule has 1 heterocycles. The van der Waals surface area contributed by atoms with Gasteiger partial charge in [0.2, 0.25) is 0 Å². The number of benzene rings is 1. The van der Waals surface area contributed by atoms with Gasteiger partial charge in [0, 0.05) is 23.7 Å². The molecular weight excluding hydrogens is 233 g/mol. The molecule has 5 heteroatoms. The molecule has 0 saturated heterocycles. The van der Waals surface area contributed by atoms with E-state index in [1.807, 2.05) is 0 Å². The number of carbonyl (C=O) groups is 1. The van der Waals surface area contributed by atoms with E-state index in [0.717, 1.165) is 0 Å². The molecule has 1 aromatic carbocycles. The predicted molar refractivity (Wildman–Crippen MR) is 67.5 cm³/mol. The number of Topliss-reactive ketones (excluding diaryl/α,β-unsaturated/α-hetero) is 1. The lowest BCUT2D eigenvalue weighted by molar-refractivity contribution is 0.0993. The minimum absolute atomic E-state index is 0.0489. The summed E-state index contributed by atoms with van der Waals surface area (Å²) >= 11 is 0. The third-order valence-electron chi connectivity index (χ3n) is 2.63. The van der Waals surface area contributed by atoms with Gasteiger partial charge in [-0.1, -0.05) is 12.1 Å². The Morgan fingerprint density at radius 2 is 2.00 bits per heavy atom. The first-order valence-corrected chi connectivity index (χ1v) is 5.36. The summed E-state index contributed by atoms with van der Waals surface area (Å²) in [5.74, 6) is -0.590. The van der Waals surface area contributed by atoms with Crippen molar-refractivity contribution in [2.75, 3.05) is 11.5 Å². The van der Waals surface area contributed by atoms with Crippen molar-refractivity contribution < 1.29 is 9.18 Å². The summed E-state index contributed by atoms with van der Waals surface area (Å²) in [6, 6.07) is 7.55. The number of halogens is 1. The zero-order valence-electron chi connectivity index (χ0n) is 9.56. The smallest absolute Gasteiger partial charge is 0.169 e. The van der Waals surface area contributed by atoms with Crippen molar-refractivity contribution in [1.82, 2.24) is 4.98 Å². The number of para-hydroxylation sites is 1. The Labute approximate surface area is 103 Å². The Hall–Kier alpha value is -2.43. The molecule has 0 aliphatic rings. The number of nitrogens with two attached hydrogens (primary N) is 2. The van der Waals surface area contributed by atoms with Gasteiger partial charge < -0.3 is 11.5 Å². The molecule has 18 heavy (non-hydrogen) atoms. The quantitative estimate of drug-likeness (QED) is 0.638. The van der Waals surface area contributed by atoms with Crippen LogP contribution in [0.1, 0.15) is 15.9 Å². The second-order valence-electron chi connectivity index (χ2n) is 3.85. The molecule has 0 atom stereocenters. The maximum atomic E-state index is 13.2. The van der Waals surface area contributed by atoms with Gasteiger partial charge in [-0.15, -0.1) is 0 Å². The molecule has 0 aliphatic heterocycles. The van der Waals surface area contributed by atoms with Crippen LogP contribution in [0.3, 0.4) is 0 Å². The van der Waals surface area contributed by atoms with Crippen LogP contribution in [0.2, 0.25) is 0 Å². The van der Waals surface area contributed by atoms with Gasteiger partial charge in [0.1, 0.15) is 11.6 Å². The molecule has 4 N–H and O–H groups in total. The van der Waals surface area contributed by atoms with Crippen molar-refractivity contribution >= 4 is 17.3 Å². The molecule has 0 radical (unpaired) electrons. The number of anilines is 2. The lowest BCUT2D eigenvalue weighted by Crippen LogP contribution is -2.10. The Kier molecular flexibility index (Phi) is 3.23. The van der Waals surface area contributed by atoms with Gasteiger partial charge in [0.15, 0.2) is 5.78 Å². The van der Waals surface area contributed by atoms with E-state index in [1.54, 1.807) is 18.3 Å². The van der Waals surface area contributed by atoms with Gasteiger partial charge in [0.05, 0.1) is 5.69 Å². The Bertz CT molecular complexity index is 599. The summed E-state index contributed by atoms with van der Waals surface area (Å²) in [6.45, 7) is 0. The van der Waals surface area contributed by atoms with Crippen molar-refractivity contribution in [3.8, 4) is 0 Å². The van der Waals surface area contributed by atoms with Gasteiger partial charge in [0.25, 0.3) is 0 Å². The molecule has 2 aromatic rings. The highest BCUT2D eigenvalue weighted by Crippen LogP contribution is 2.19. The third kappa shape index (κ3) is 2.29. The lowest BCUT2D eigenvalue weighted by atomic mass is 10.0. The van der Waals surface area contributed by atoms with E-state index in [-0.39, 0.29) is 23.5 Å². The minimum atomic E-state index is -0.597. The Balaban J connectivity index is 2.28. The van der Waals surface area contributed by atoms with Crippen molar-refractivity contribution in [3.05, 3.63) is 53.5 Å². The van der Waals surface area contributed by atoms with Crippen molar-refractivity contribution in [3.63, 3.8) is 0 Å². The summed E-state index contributed by atoms with van der Waals surface area (Å²) in [6.07, 6.45) is 1.59. The molecule has 92 valence electrons. The van der Waals surface area contributed by atoms with Gasteiger partial charge in [-0.2, -0.15) is 0 Å². The normalized spacial score (nSPS) is 10.3. The third-order valence-corrected chi connectivity index (χ3v) is 2.63. The predicted octanol–water partition coefficient (Wildman–Crippen LogP) is 1.81. The average Bonchev–Trinajstić information content (AvgIpc) is 2.35. The second-order valence-corrected chi connectivity index (χ2v) is 3.85. The van der Waals surface area contributed by atoms with Crippen LogP contribution in [-0.2, 0) is 6.42 Å². The van der Waals surface area contributed by atoms with Crippen LogP contribution in [0.25, 0.3) is 0 Å². The van der Waals surface area contributed by atoms with Crippen LogP contribution in [0.4, 0.5) is 15.9 Å². The maximum Gasteiger partial charge on any atom is 0.169 e. The molecular formula is C13H12FN3O. The fraction of sp³-hybridized carbons (Fsp3) is 0.0769. The molecule has 1 aromatic heterocycles. The average molecular weight is 245 g/mol. The standard InChI is InChI=1S/C13H12FN3O/c14-10-5-1-4-9(12(10)15)11(18)7-8-3-2-6-17-13(8)16/h1-6H,7,15H2,(H2,16,17). The molecule has 0 unspecified atom stereocenters. The van der Waals surface area contributed by atoms with Crippen molar-refractivity contribution in [1.29, 1.82) is 0 Å². The number of ketones is 1. The molecule has 4 nitrogen and oxygen atoms in total. The van der Waals surface area contributed by atoms with E-state index in [4.69, 9.17) is 11.5 Å². The van der Waals surface area contributed by atoms with E-state index in [2.05, 4.69) is 4.98 Å². The summed E-state index contributed by atoms with van der Waals surface area (Å²) in [5, 5.41) is 0.